The minimum absolute atomic E-state index is 0.161. The smallest absolute Gasteiger partial charge is 0.202 e. The van der Waals surface area contributed by atoms with E-state index in [-0.39, 0.29) is 12.1 Å². The Morgan fingerprint density at radius 3 is 2.93 bits per heavy atom. The molecule has 0 aromatic carbocycles. The summed E-state index contributed by atoms with van der Waals surface area (Å²) in [5.41, 5.74) is 0. The molecule has 1 aromatic rings. The maximum Gasteiger partial charge on any atom is 0.202 e. The molecule has 4 nitrogen and oxygen atoms in total. The number of hydrogen-bond acceptors (Lipinski definition) is 3. The third-order valence-corrected chi connectivity index (χ3v) is 3.12. The lowest BCUT2D eigenvalue weighted by molar-refractivity contribution is 0.144. The third kappa shape index (κ3) is 2.50. The molecule has 4 heteroatoms. The van der Waals surface area contributed by atoms with Gasteiger partial charge in [0.15, 0.2) is 0 Å². The molecule has 1 aliphatic carbocycles. The number of aliphatic hydroxyl groups excluding tert-OH is 1. The number of rotatable bonds is 2. The molecule has 2 rings (SSSR count). The molecule has 0 spiro atoms. The standard InChI is InChI=1S/C11H19N3O/c1-14-8-7-12-11(14)13-9-5-3-2-4-6-10(9)15/h7-10,15H,2-6H2,1H3,(H,12,13). The van der Waals surface area contributed by atoms with Crippen molar-refractivity contribution in [2.24, 2.45) is 7.05 Å². The second-order valence-electron chi connectivity index (χ2n) is 4.32. The van der Waals surface area contributed by atoms with Crippen molar-refractivity contribution >= 4 is 5.95 Å². The summed E-state index contributed by atoms with van der Waals surface area (Å²) < 4.78 is 1.94. The molecule has 2 N–H and O–H groups in total. The number of aryl methyl sites for hydroxylation is 1. The molecule has 1 saturated carbocycles. The fraction of sp³-hybridized carbons (Fsp3) is 0.727. The maximum absolute atomic E-state index is 9.94. The summed E-state index contributed by atoms with van der Waals surface area (Å²) in [5.74, 6) is 0.848. The van der Waals surface area contributed by atoms with Crippen LogP contribution in [-0.4, -0.2) is 26.8 Å². The Morgan fingerprint density at radius 1 is 1.40 bits per heavy atom. The molecule has 1 fully saturated rings. The number of nitrogens with one attached hydrogen (secondary N) is 1. The van der Waals surface area contributed by atoms with Gasteiger partial charge in [0.25, 0.3) is 0 Å². The first-order chi connectivity index (χ1) is 7.27. The second-order valence-corrected chi connectivity index (χ2v) is 4.32. The van der Waals surface area contributed by atoms with Crippen molar-refractivity contribution in [2.45, 2.75) is 44.2 Å². The second kappa shape index (κ2) is 4.66. The van der Waals surface area contributed by atoms with Crippen LogP contribution in [0.1, 0.15) is 32.1 Å². The van der Waals surface area contributed by atoms with E-state index in [0.29, 0.717) is 0 Å². The topological polar surface area (TPSA) is 50.1 Å². The Hall–Kier alpha value is -1.03. The van der Waals surface area contributed by atoms with Gasteiger partial charge < -0.3 is 15.0 Å². The van der Waals surface area contributed by atoms with Crippen LogP contribution in [0.2, 0.25) is 0 Å². The molecule has 1 aliphatic rings. The van der Waals surface area contributed by atoms with Crippen LogP contribution in [0.15, 0.2) is 12.4 Å². The highest BCUT2D eigenvalue weighted by Gasteiger charge is 2.22. The van der Waals surface area contributed by atoms with Crippen LogP contribution < -0.4 is 5.32 Å². The zero-order valence-corrected chi connectivity index (χ0v) is 9.19. The average molecular weight is 209 g/mol. The van der Waals surface area contributed by atoms with Gasteiger partial charge in [-0.1, -0.05) is 19.3 Å². The van der Waals surface area contributed by atoms with E-state index in [1.54, 1.807) is 6.20 Å². The fourth-order valence-corrected chi connectivity index (χ4v) is 2.13. The van der Waals surface area contributed by atoms with Crippen LogP contribution in [0.4, 0.5) is 5.95 Å². The van der Waals surface area contributed by atoms with Gasteiger partial charge in [-0.15, -0.1) is 0 Å². The fourth-order valence-electron chi connectivity index (χ4n) is 2.13. The van der Waals surface area contributed by atoms with E-state index in [9.17, 15) is 5.11 Å². The number of hydrogen-bond donors (Lipinski definition) is 2. The largest absolute Gasteiger partial charge is 0.391 e. The number of anilines is 1. The van der Waals surface area contributed by atoms with Gasteiger partial charge in [-0.2, -0.15) is 0 Å². The first-order valence-corrected chi connectivity index (χ1v) is 5.69. The molecule has 1 heterocycles. The zero-order chi connectivity index (χ0) is 10.7. The van der Waals surface area contributed by atoms with Crippen LogP contribution >= 0.6 is 0 Å². The van der Waals surface area contributed by atoms with Gasteiger partial charge in [0.05, 0.1) is 12.1 Å². The third-order valence-electron chi connectivity index (χ3n) is 3.12. The highest BCUT2D eigenvalue weighted by molar-refractivity contribution is 5.27. The van der Waals surface area contributed by atoms with Gasteiger partial charge in [-0.25, -0.2) is 4.98 Å². The van der Waals surface area contributed by atoms with E-state index in [2.05, 4.69) is 10.3 Å². The van der Waals surface area contributed by atoms with Crippen molar-refractivity contribution in [1.82, 2.24) is 9.55 Å². The van der Waals surface area contributed by atoms with Crippen molar-refractivity contribution in [2.75, 3.05) is 5.32 Å². The van der Waals surface area contributed by atoms with Crippen LogP contribution in [0.3, 0.4) is 0 Å². The van der Waals surface area contributed by atoms with Crippen LogP contribution in [0, 0.1) is 0 Å². The summed E-state index contributed by atoms with van der Waals surface area (Å²) in [5, 5.41) is 13.3. The number of aliphatic hydroxyl groups is 1. The van der Waals surface area contributed by atoms with Crippen LogP contribution in [-0.2, 0) is 7.05 Å². The first kappa shape index (κ1) is 10.5. The van der Waals surface area contributed by atoms with Gasteiger partial charge >= 0.3 is 0 Å². The quantitative estimate of drug-likeness (QED) is 0.726. The van der Waals surface area contributed by atoms with Crippen molar-refractivity contribution in [3.63, 3.8) is 0 Å². The van der Waals surface area contributed by atoms with Gasteiger partial charge in [-0.05, 0) is 12.8 Å². The van der Waals surface area contributed by atoms with Gasteiger partial charge in [-0.3, -0.25) is 0 Å². The Kier molecular flexibility index (Phi) is 3.26. The number of imidazole rings is 1. The Bertz CT molecular complexity index is 311. The lowest BCUT2D eigenvalue weighted by Gasteiger charge is -2.22. The van der Waals surface area contributed by atoms with E-state index >= 15 is 0 Å². The molecule has 2 unspecified atom stereocenters. The molecule has 15 heavy (non-hydrogen) atoms. The monoisotopic (exact) mass is 209 g/mol. The van der Waals surface area contributed by atoms with E-state index in [1.807, 2.05) is 17.8 Å². The van der Waals surface area contributed by atoms with E-state index < -0.39 is 0 Å². The van der Waals surface area contributed by atoms with Crippen molar-refractivity contribution < 1.29 is 5.11 Å². The predicted molar refractivity (Wildman–Crippen MR) is 59.7 cm³/mol. The van der Waals surface area contributed by atoms with Crippen LogP contribution in [0.5, 0.6) is 0 Å². The van der Waals surface area contributed by atoms with E-state index in [1.165, 1.54) is 12.8 Å². The van der Waals surface area contributed by atoms with Gasteiger partial charge in [0.2, 0.25) is 5.95 Å². The van der Waals surface area contributed by atoms with Crippen molar-refractivity contribution in [3.05, 3.63) is 12.4 Å². The summed E-state index contributed by atoms with van der Waals surface area (Å²) in [6.45, 7) is 0. The summed E-state index contributed by atoms with van der Waals surface area (Å²) in [6.07, 6.45) is 8.95. The predicted octanol–water partition coefficient (Wildman–Crippen LogP) is 1.53. The molecule has 0 aliphatic heterocycles. The summed E-state index contributed by atoms with van der Waals surface area (Å²) in [6, 6.07) is 0.161. The highest BCUT2D eigenvalue weighted by atomic mass is 16.3. The molecule has 0 radical (unpaired) electrons. The molecule has 84 valence electrons. The molecule has 1 aromatic heterocycles. The molecule has 0 bridgehead atoms. The Morgan fingerprint density at radius 2 is 2.20 bits per heavy atom. The SMILES string of the molecule is Cn1ccnc1NC1CCCCCC1O. The first-order valence-electron chi connectivity index (χ1n) is 5.69. The Balaban J connectivity index is 2.00. The zero-order valence-electron chi connectivity index (χ0n) is 9.19. The average Bonchev–Trinajstić information content (AvgIpc) is 2.50. The van der Waals surface area contributed by atoms with Crippen LogP contribution in [0.25, 0.3) is 0 Å². The van der Waals surface area contributed by atoms with E-state index in [4.69, 9.17) is 0 Å². The minimum Gasteiger partial charge on any atom is -0.391 e. The lowest BCUT2D eigenvalue weighted by Crippen LogP contribution is -2.33. The van der Waals surface area contributed by atoms with Crippen molar-refractivity contribution in [3.8, 4) is 0 Å². The highest BCUT2D eigenvalue weighted by Crippen LogP contribution is 2.20. The summed E-state index contributed by atoms with van der Waals surface area (Å²) in [7, 11) is 1.96. The summed E-state index contributed by atoms with van der Waals surface area (Å²) in [4.78, 5) is 4.22. The Labute approximate surface area is 90.3 Å². The molecule has 2 atom stereocenters. The van der Waals surface area contributed by atoms with Crippen molar-refractivity contribution in [1.29, 1.82) is 0 Å². The molecule has 0 amide bonds. The molecule has 0 saturated heterocycles. The minimum atomic E-state index is -0.232. The molecular weight excluding hydrogens is 190 g/mol. The normalized spacial score (nSPS) is 27.3. The summed E-state index contributed by atoms with van der Waals surface area (Å²) >= 11 is 0. The molecular formula is C11H19N3O. The van der Waals surface area contributed by atoms with Gasteiger partial charge in [0.1, 0.15) is 0 Å². The number of aromatic nitrogens is 2. The lowest BCUT2D eigenvalue weighted by atomic mass is 10.1. The number of nitrogens with zero attached hydrogens (tertiary/aromatic N) is 2. The maximum atomic E-state index is 9.94. The van der Waals surface area contributed by atoms with E-state index in [0.717, 1.165) is 25.2 Å². The van der Waals surface area contributed by atoms with Gasteiger partial charge in [0, 0.05) is 19.4 Å².